The third-order valence-electron chi connectivity index (χ3n) is 3.83. The van der Waals surface area contributed by atoms with Crippen molar-refractivity contribution in [3.8, 4) is 0 Å². The molecule has 2 atom stereocenters. The summed E-state index contributed by atoms with van der Waals surface area (Å²) in [5.41, 5.74) is 2.65. The van der Waals surface area contributed by atoms with Gasteiger partial charge in [-0.05, 0) is 52.7 Å². The summed E-state index contributed by atoms with van der Waals surface area (Å²) in [7, 11) is 0. The fourth-order valence-electron chi connectivity index (χ4n) is 2.97. The Morgan fingerprint density at radius 2 is 0.833 bits per heavy atom. The fourth-order valence-corrected chi connectivity index (χ4v) is 2.97. The smallest absolute Gasteiger partial charge is 0.0522 e. The molecule has 0 saturated carbocycles. The van der Waals surface area contributed by atoms with Crippen LogP contribution in [0.3, 0.4) is 0 Å². The van der Waals surface area contributed by atoms with Gasteiger partial charge >= 0.3 is 0 Å². The lowest BCUT2D eigenvalue weighted by Crippen LogP contribution is -2.48. The molecule has 2 rings (SSSR count). The Morgan fingerprint density at radius 3 is 1.08 bits per heavy atom. The van der Waals surface area contributed by atoms with Gasteiger partial charge in [0.2, 0.25) is 0 Å². The lowest BCUT2D eigenvalue weighted by atomic mass is 9.89. The molecule has 0 saturated heterocycles. The molecule has 2 heteroatoms. The highest BCUT2D eigenvalue weighted by Gasteiger charge is 2.30. The molecule has 130 valence electrons. The Morgan fingerprint density at radius 1 is 0.542 bits per heavy atom. The van der Waals surface area contributed by atoms with Crippen LogP contribution >= 0.6 is 0 Å². The average molecular weight is 325 g/mol. The predicted octanol–water partition coefficient (Wildman–Crippen LogP) is 5.25. The normalized spacial score (nSPS) is 15.1. The molecule has 0 spiro atoms. The van der Waals surface area contributed by atoms with Crippen LogP contribution < -0.4 is 10.6 Å². The fraction of sp³-hybridized carbons (Fsp3) is 0.455. The van der Waals surface area contributed by atoms with Gasteiger partial charge in [0.1, 0.15) is 0 Å². The van der Waals surface area contributed by atoms with Crippen molar-refractivity contribution in [2.75, 3.05) is 0 Å². The van der Waals surface area contributed by atoms with Crippen molar-refractivity contribution in [1.82, 2.24) is 10.6 Å². The third kappa shape index (κ3) is 5.77. The van der Waals surface area contributed by atoms with Gasteiger partial charge in [-0.2, -0.15) is 0 Å². The van der Waals surface area contributed by atoms with E-state index in [4.69, 9.17) is 0 Å². The van der Waals surface area contributed by atoms with Gasteiger partial charge in [-0.25, -0.2) is 0 Å². The van der Waals surface area contributed by atoms with E-state index in [0.717, 1.165) is 0 Å². The van der Waals surface area contributed by atoms with E-state index in [9.17, 15) is 0 Å². The maximum absolute atomic E-state index is 3.83. The van der Waals surface area contributed by atoms with Crippen molar-refractivity contribution in [3.63, 3.8) is 0 Å². The van der Waals surface area contributed by atoms with Crippen molar-refractivity contribution in [3.05, 3.63) is 71.8 Å². The van der Waals surface area contributed by atoms with Gasteiger partial charge in [-0.1, -0.05) is 60.7 Å². The summed E-state index contributed by atoms with van der Waals surface area (Å²) in [6, 6.07) is 21.8. The molecule has 0 aliphatic carbocycles. The maximum Gasteiger partial charge on any atom is 0.0522 e. The zero-order valence-corrected chi connectivity index (χ0v) is 15.9. The Labute approximate surface area is 147 Å². The molecule has 0 bridgehead atoms. The molecule has 2 aromatic carbocycles. The molecular weight excluding hydrogens is 292 g/mol. The number of hydrogen-bond donors (Lipinski definition) is 2. The summed E-state index contributed by atoms with van der Waals surface area (Å²) in [5.74, 6) is 0. The summed E-state index contributed by atoms with van der Waals surface area (Å²) in [5, 5.41) is 7.66. The lowest BCUT2D eigenvalue weighted by Gasteiger charge is -2.39. The predicted molar refractivity (Wildman–Crippen MR) is 104 cm³/mol. The van der Waals surface area contributed by atoms with Crippen molar-refractivity contribution in [1.29, 1.82) is 0 Å². The van der Waals surface area contributed by atoms with E-state index in [1.807, 2.05) is 0 Å². The van der Waals surface area contributed by atoms with Crippen LogP contribution in [-0.4, -0.2) is 11.1 Å². The summed E-state index contributed by atoms with van der Waals surface area (Å²) in [6.45, 7) is 13.3. The van der Waals surface area contributed by atoms with E-state index < -0.39 is 0 Å². The quantitative estimate of drug-likeness (QED) is 0.785. The van der Waals surface area contributed by atoms with Crippen molar-refractivity contribution in [2.45, 2.75) is 64.7 Å². The number of nitrogens with one attached hydrogen (secondary N) is 2. The van der Waals surface area contributed by atoms with Crippen LogP contribution in [0.1, 0.15) is 64.8 Å². The second kappa shape index (κ2) is 7.50. The van der Waals surface area contributed by atoms with Crippen LogP contribution in [0.25, 0.3) is 0 Å². The zero-order chi connectivity index (χ0) is 17.8. The SMILES string of the molecule is CC(C)(C)N[C@H](c1ccccc1)[C@H](NC(C)(C)C)c1ccccc1. The molecular formula is C22H32N2. The first kappa shape index (κ1) is 18.7. The minimum Gasteiger partial charge on any atom is -0.304 e. The third-order valence-corrected chi connectivity index (χ3v) is 3.83. The number of hydrogen-bond acceptors (Lipinski definition) is 2. The van der Waals surface area contributed by atoms with E-state index >= 15 is 0 Å². The minimum atomic E-state index is 0.0209. The first-order valence-electron chi connectivity index (χ1n) is 8.81. The van der Waals surface area contributed by atoms with Gasteiger partial charge in [0.25, 0.3) is 0 Å². The molecule has 0 aromatic heterocycles. The molecule has 0 aliphatic rings. The number of rotatable bonds is 5. The van der Waals surface area contributed by atoms with E-state index in [0.29, 0.717) is 0 Å². The molecule has 2 N–H and O–H groups in total. The lowest BCUT2D eigenvalue weighted by molar-refractivity contribution is 0.259. The van der Waals surface area contributed by atoms with E-state index in [2.05, 4.69) is 113 Å². The minimum absolute atomic E-state index is 0.0209. The summed E-state index contributed by atoms with van der Waals surface area (Å²) >= 11 is 0. The molecule has 0 aliphatic heterocycles. The molecule has 2 nitrogen and oxygen atoms in total. The van der Waals surface area contributed by atoms with Crippen LogP contribution in [0.2, 0.25) is 0 Å². The molecule has 24 heavy (non-hydrogen) atoms. The van der Waals surface area contributed by atoms with Gasteiger partial charge < -0.3 is 10.6 Å². The van der Waals surface area contributed by atoms with Crippen molar-refractivity contribution in [2.24, 2.45) is 0 Å². The monoisotopic (exact) mass is 324 g/mol. The van der Waals surface area contributed by atoms with Gasteiger partial charge in [0.05, 0.1) is 12.1 Å². The van der Waals surface area contributed by atoms with E-state index in [-0.39, 0.29) is 23.2 Å². The molecule has 0 radical (unpaired) electrons. The first-order chi connectivity index (χ1) is 11.2. The van der Waals surface area contributed by atoms with Crippen LogP contribution in [0.15, 0.2) is 60.7 Å². The van der Waals surface area contributed by atoms with Crippen molar-refractivity contribution >= 4 is 0 Å². The van der Waals surface area contributed by atoms with Crippen LogP contribution in [0.5, 0.6) is 0 Å². The van der Waals surface area contributed by atoms with E-state index in [1.165, 1.54) is 11.1 Å². The standard InChI is InChI=1S/C22H32N2/c1-21(2,3)23-19(17-13-9-7-10-14-17)20(24-22(4,5)6)18-15-11-8-12-16-18/h7-16,19-20,23-24H,1-6H3/t19-,20-/m1/s1. The van der Waals surface area contributed by atoms with Gasteiger partial charge in [0, 0.05) is 11.1 Å². The van der Waals surface area contributed by atoms with Gasteiger partial charge in [-0.15, -0.1) is 0 Å². The van der Waals surface area contributed by atoms with Crippen LogP contribution in [0, 0.1) is 0 Å². The average Bonchev–Trinajstić information content (AvgIpc) is 2.50. The van der Waals surface area contributed by atoms with Gasteiger partial charge in [-0.3, -0.25) is 0 Å². The molecule has 0 heterocycles. The van der Waals surface area contributed by atoms with Gasteiger partial charge in [0.15, 0.2) is 0 Å². The van der Waals surface area contributed by atoms with Crippen LogP contribution in [-0.2, 0) is 0 Å². The highest BCUT2D eigenvalue weighted by atomic mass is 15.1. The van der Waals surface area contributed by atoms with E-state index in [1.54, 1.807) is 0 Å². The topological polar surface area (TPSA) is 24.1 Å². The molecule has 0 amide bonds. The maximum atomic E-state index is 3.83. The summed E-state index contributed by atoms with van der Waals surface area (Å²) < 4.78 is 0. The highest BCUT2D eigenvalue weighted by molar-refractivity contribution is 5.28. The first-order valence-corrected chi connectivity index (χ1v) is 8.81. The Hall–Kier alpha value is -1.64. The molecule has 2 aromatic rings. The second-order valence-electron chi connectivity index (χ2n) is 8.57. The van der Waals surface area contributed by atoms with Crippen LogP contribution in [0.4, 0.5) is 0 Å². The Bertz CT molecular complexity index is 548. The zero-order valence-electron chi connectivity index (χ0n) is 15.9. The Balaban J connectivity index is 2.47. The number of benzene rings is 2. The molecule has 0 fully saturated rings. The summed E-state index contributed by atoms with van der Waals surface area (Å²) in [6.07, 6.45) is 0. The Kier molecular flexibility index (Phi) is 5.84. The largest absolute Gasteiger partial charge is 0.304 e. The van der Waals surface area contributed by atoms with Crippen molar-refractivity contribution < 1.29 is 0 Å². The highest BCUT2D eigenvalue weighted by Crippen LogP contribution is 2.32. The second-order valence-corrected chi connectivity index (χ2v) is 8.57. The summed E-state index contributed by atoms with van der Waals surface area (Å²) in [4.78, 5) is 0. The molecule has 0 unspecified atom stereocenters.